The number of unbranched alkanes of at least 4 members (excludes halogenated alkanes) is 1. The second kappa shape index (κ2) is 6.67. The van der Waals surface area contributed by atoms with Crippen LogP contribution in [0.15, 0.2) is 23.1 Å². The van der Waals surface area contributed by atoms with E-state index in [2.05, 4.69) is 30.4 Å². The third-order valence-electron chi connectivity index (χ3n) is 2.95. The fraction of sp³-hybridized carbons (Fsp3) is 0.571. The van der Waals surface area contributed by atoms with Crippen LogP contribution in [-0.4, -0.2) is 11.8 Å². The molecule has 3 heteroatoms. The predicted molar refractivity (Wildman–Crippen MR) is 76.9 cm³/mol. The monoisotopic (exact) mass is 269 g/mol. The molecule has 1 aromatic rings. The zero-order valence-corrected chi connectivity index (χ0v) is 11.9. The minimum absolute atomic E-state index is 0.740. The Morgan fingerprint density at radius 1 is 1.41 bits per heavy atom. The Labute approximate surface area is 113 Å². The van der Waals surface area contributed by atoms with Crippen LogP contribution in [0.1, 0.15) is 38.2 Å². The highest BCUT2D eigenvalue weighted by Crippen LogP contribution is 2.26. The molecule has 17 heavy (non-hydrogen) atoms. The number of thioether (sulfide) groups is 1. The van der Waals surface area contributed by atoms with Gasteiger partial charge < -0.3 is 5.32 Å². The lowest BCUT2D eigenvalue weighted by molar-refractivity contribution is 0.687. The summed E-state index contributed by atoms with van der Waals surface area (Å²) in [5.41, 5.74) is 1.22. The van der Waals surface area contributed by atoms with E-state index < -0.39 is 0 Å². The van der Waals surface area contributed by atoms with E-state index >= 15 is 0 Å². The van der Waals surface area contributed by atoms with Crippen molar-refractivity contribution in [3.05, 3.63) is 28.8 Å². The van der Waals surface area contributed by atoms with Gasteiger partial charge in [-0.15, -0.1) is 11.8 Å². The van der Waals surface area contributed by atoms with Crippen LogP contribution in [-0.2, 0) is 6.54 Å². The number of benzene rings is 1. The van der Waals surface area contributed by atoms with E-state index in [-0.39, 0.29) is 0 Å². The fourth-order valence-electron chi connectivity index (χ4n) is 1.64. The summed E-state index contributed by atoms with van der Waals surface area (Å²) in [4.78, 5) is 1.29. The summed E-state index contributed by atoms with van der Waals surface area (Å²) < 4.78 is 0. The van der Waals surface area contributed by atoms with Crippen molar-refractivity contribution in [1.29, 1.82) is 0 Å². The lowest BCUT2D eigenvalue weighted by Gasteiger charge is -2.08. The van der Waals surface area contributed by atoms with Crippen molar-refractivity contribution >= 4 is 23.4 Å². The first-order valence-electron chi connectivity index (χ1n) is 6.44. The summed E-state index contributed by atoms with van der Waals surface area (Å²) in [5.74, 6) is 1.19. The van der Waals surface area contributed by atoms with Crippen LogP contribution in [0.3, 0.4) is 0 Å². The molecule has 1 N–H and O–H groups in total. The molecule has 0 saturated heterocycles. The lowest BCUT2D eigenvalue weighted by Crippen LogP contribution is -2.15. The summed E-state index contributed by atoms with van der Waals surface area (Å²) in [7, 11) is 0. The molecule has 2 rings (SSSR count). The van der Waals surface area contributed by atoms with E-state index in [0.29, 0.717) is 0 Å². The zero-order chi connectivity index (χ0) is 12.1. The molecular weight excluding hydrogens is 250 g/mol. The van der Waals surface area contributed by atoms with Gasteiger partial charge in [0.15, 0.2) is 0 Å². The maximum Gasteiger partial charge on any atom is 0.0462 e. The minimum Gasteiger partial charge on any atom is -0.310 e. The van der Waals surface area contributed by atoms with E-state index in [1.807, 2.05) is 11.8 Å². The van der Waals surface area contributed by atoms with E-state index in [1.165, 1.54) is 41.9 Å². The smallest absolute Gasteiger partial charge is 0.0462 e. The first kappa shape index (κ1) is 13.3. The van der Waals surface area contributed by atoms with Gasteiger partial charge in [-0.05, 0) is 42.7 Å². The van der Waals surface area contributed by atoms with Gasteiger partial charge in [0.1, 0.15) is 0 Å². The van der Waals surface area contributed by atoms with Gasteiger partial charge in [-0.3, -0.25) is 0 Å². The number of hydrogen-bond donors (Lipinski definition) is 1. The summed E-state index contributed by atoms with van der Waals surface area (Å²) in [6.07, 6.45) is 5.17. The molecular formula is C14H20ClNS. The maximum absolute atomic E-state index is 6.29. The van der Waals surface area contributed by atoms with Crippen molar-refractivity contribution in [2.75, 3.05) is 5.75 Å². The SMILES string of the molecule is CCCCSc1ccc(CNC2CC2)c(Cl)c1. The van der Waals surface area contributed by atoms with E-state index in [1.54, 1.807) is 0 Å². The quantitative estimate of drug-likeness (QED) is 0.578. The van der Waals surface area contributed by atoms with Gasteiger partial charge in [-0.1, -0.05) is 31.0 Å². The van der Waals surface area contributed by atoms with Crippen molar-refractivity contribution in [3.63, 3.8) is 0 Å². The summed E-state index contributed by atoms with van der Waals surface area (Å²) in [6, 6.07) is 7.19. The Bertz CT molecular complexity index is 363. The Morgan fingerprint density at radius 3 is 2.88 bits per heavy atom. The third kappa shape index (κ3) is 4.53. The highest BCUT2D eigenvalue weighted by atomic mass is 35.5. The fourth-order valence-corrected chi connectivity index (χ4v) is 2.98. The Hall–Kier alpha value is -0.180. The average molecular weight is 270 g/mol. The van der Waals surface area contributed by atoms with Gasteiger partial charge in [0.05, 0.1) is 0 Å². The third-order valence-corrected chi connectivity index (χ3v) is 4.38. The first-order chi connectivity index (χ1) is 8.29. The van der Waals surface area contributed by atoms with Crippen molar-refractivity contribution in [1.82, 2.24) is 5.32 Å². The van der Waals surface area contributed by atoms with E-state index in [4.69, 9.17) is 11.6 Å². The average Bonchev–Trinajstić information content (AvgIpc) is 3.12. The van der Waals surface area contributed by atoms with Crippen molar-refractivity contribution < 1.29 is 0 Å². The Balaban J connectivity index is 1.85. The number of rotatable bonds is 7. The van der Waals surface area contributed by atoms with Crippen molar-refractivity contribution in [2.45, 2.75) is 50.1 Å². The molecule has 0 unspecified atom stereocenters. The molecule has 0 atom stereocenters. The standard InChI is InChI=1S/C14H20ClNS/c1-2-3-8-17-13-7-4-11(14(15)9-13)10-16-12-5-6-12/h4,7,9,12,16H,2-3,5-6,8,10H2,1H3. The number of hydrogen-bond acceptors (Lipinski definition) is 2. The molecule has 0 bridgehead atoms. The zero-order valence-electron chi connectivity index (χ0n) is 10.3. The van der Waals surface area contributed by atoms with Gasteiger partial charge in [0, 0.05) is 22.5 Å². The Morgan fingerprint density at radius 2 is 2.24 bits per heavy atom. The molecule has 1 nitrogen and oxygen atoms in total. The normalized spacial score (nSPS) is 15.2. The van der Waals surface area contributed by atoms with Gasteiger partial charge in [0.2, 0.25) is 0 Å². The van der Waals surface area contributed by atoms with Crippen molar-refractivity contribution in [3.8, 4) is 0 Å². The molecule has 1 aromatic carbocycles. The van der Waals surface area contributed by atoms with Crippen LogP contribution in [0.2, 0.25) is 5.02 Å². The van der Waals surface area contributed by atoms with Gasteiger partial charge >= 0.3 is 0 Å². The largest absolute Gasteiger partial charge is 0.310 e. The second-order valence-electron chi connectivity index (χ2n) is 4.61. The van der Waals surface area contributed by atoms with Crippen LogP contribution in [0.4, 0.5) is 0 Å². The molecule has 1 saturated carbocycles. The van der Waals surface area contributed by atoms with Crippen molar-refractivity contribution in [2.24, 2.45) is 0 Å². The molecule has 0 amide bonds. The molecule has 94 valence electrons. The minimum atomic E-state index is 0.740. The maximum atomic E-state index is 6.29. The first-order valence-corrected chi connectivity index (χ1v) is 7.80. The van der Waals surface area contributed by atoms with Crippen LogP contribution in [0, 0.1) is 0 Å². The highest BCUT2D eigenvalue weighted by molar-refractivity contribution is 7.99. The summed E-state index contributed by atoms with van der Waals surface area (Å²) >= 11 is 8.19. The number of halogens is 1. The molecule has 1 aliphatic carbocycles. The summed E-state index contributed by atoms with van der Waals surface area (Å²) in [5, 5.41) is 4.40. The topological polar surface area (TPSA) is 12.0 Å². The van der Waals surface area contributed by atoms with E-state index in [0.717, 1.165) is 17.6 Å². The predicted octanol–water partition coefficient (Wildman–Crippen LogP) is 4.48. The van der Waals surface area contributed by atoms with Gasteiger partial charge in [-0.2, -0.15) is 0 Å². The molecule has 0 heterocycles. The van der Waals surface area contributed by atoms with Gasteiger partial charge in [0.25, 0.3) is 0 Å². The molecule has 1 aliphatic rings. The van der Waals surface area contributed by atoms with Crippen LogP contribution in [0.5, 0.6) is 0 Å². The molecule has 0 radical (unpaired) electrons. The van der Waals surface area contributed by atoms with Gasteiger partial charge in [-0.25, -0.2) is 0 Å². The molecule has 0 aliphatic heterocycles. The van der Waals surface area contributed by atoms with E-state index in [9.17, 15) is 0 Å². The Kier molecular flexibility index (Phi) is 5.20. The highest BCUT2D eigenvalue weighted by Gasteiger charge is 2.20. The molecule has 0 aromatic heterocycles. The van der Waals surface area contributed by atoms with Crippen LogP contribution in [0.25, 0.3) is 0 Å². The second-order valence-corrected chi connectivity index (χ2v) is 6.19. The van der Waals surface area contributed by atoms with Crippen LogP contribution < -0.4 is 5.32 Å². The lowest BCUT2D eigenvalue weighted by atomic mass is 10.2. The molecule has 1 fully saturated rings. The number of nitrogens with one attached hydrogen (secondary N) is 1. The van der Waals surface area contributed by atoms with Crippen LogP contribution >= 0.6 is 23.4 Å². The molecule has 0 spiro atoms. The summed E-state index contributed by atoms with van der Waals surface area (Å²) in [6.45, 7) is 3.13.